The summed E-state index contributed by atoms with van der Waals surface area (Å²) in [5.74, 6) is -2.51. The molecule has 1 amide bonds. The molecule has 0 saturated heterocycles. The molecule has 0 fully saturated rings. The molecule has 0 spiro atoms. The third-order valence-electron chi connectivity index (χ3n) is 1.50. The molecule has 0 unspecified atom stereocenters. The van der Waals surface area contributed by atoms with Crippen LogP contribution in [-0.2, 0) is 9.59 Å². The lowest BCUT2D eigenvalue weighted by Gasteiger charge is -2.01. The lowest BCUT2D eigenvalue weighted by atomic mass is 10.2. The van der Waals surface area contributed by atoms with Crippen LogP contribution in [0.15, 0.2) is 24.3 Å². The monoisotopic (exact) mass is 239 g/mol. The number of hydrogen-bond acceptors (Lipinski definition) is 2. The van der Waals surface area contributed by atoms with E-state index < -0.39 is 11.9 Å². The molecule has 2 N–H and O–H groups in total. The molecule has 1 aromatic carbocycles. The van der Waals surface area contributed by atoms with Crippen LogP contribution in [0.1, 0.15) is 33.3 Å². The molecule has 0 aliphatic heterocycles. The third-order valence-corrected chi connectivity index (χ3v) is 1.50. The maximum atomic E-state index is 10.7. The molecule has 0 aliphatic carbocycles. The van der Waals surface area contributed by atoms with Gasteiger partial charge in [0.25, 0.3) is 0 Å². The van der Waals surface area contributed by atoms with Gasteiger partial charge >= 0.3 is 11.9 Å². The summed E-state index contributed by atoms with van der Waals surface area (Å²) in [6.07, 6.45) is 0. The van der Waals surface area contributed by atoms with Gasteiger partial charge in [0.1, 0.15) is 0 Å². The molecule has 0 aromatic heterocycles. The lowest BCUT2D eigenvalue weighted by molar-refractivity contribution is -0.147. The minimum atomic E-state index is -1.49. The summed E-state index contributed by atoms with van der Waals surface area (Å²) in [6, 6.07) is 6.88. The number of aliphatic carboxylic acids is 1. The molecule has 0 bridgehead atoms. The number of carbonyl (C=O) groups excluding carboxylic acids is 1. The topological polar surface area (TPSA) is 66.4 Å². The summed E-state index contributed by atoms with van der Waals surface area (Å²) in [4.78, 5) is 20.8. The van der Waals surface area contributed by atoms with Crippen LogP contribution in [-0.4, -0.2) is 17.0 Å². The van der Waals surface area contributed by atoms with Gasteiger partial charge in [0.2, 0.25) is 0 Å². The van der Waals surface area contributed by atoms with E-state index in [1.54, 1.807) is 24.3 Å². The summed E-state index contributed by atoms with van der Waals surface area (Å²) < 4.78 is 0. The van der Waals surface area contributed by atoms with Crippen molar-refractivity contribution < 1.29 is 14.7 Å². The van der Waals surface area contributed by atoms with Crippen molar-refractivity contribution in [3.8, 4) is 0 Å². The van der Waals surface area contributed by atoms with E-state index in [0.717, 1.165) is 5.56 Å². The first-order chi connectivity index (χ1) is 8.09. The van der Waals surface area contributed by atoms with E-state index >= 15 is 0 Å². The number of rotatable bonds is 1. The van der Waals surface area contributed by atoms with Gasteiger partial charge in [0, 0.05) is 5.69 Å². The third kappa shape index (κ3) is 8.02. The number of carboxylic acid groups (broad SMARTS) is 1. The molecule has 0 saturated carbocycles. The molecular formula is C13H21NO3. The minimum absolute atomic E-state index is 0.484. The van der Waals surface area contributed by atoms with E-state index in [2.05, 4.69) is 5.32 Å². The van der Waals surface area contributed by atoms with Crippen LogP contribution in [0.5, 0.6) is 0 Å². The van der Waals surface area contributed by atoms with Gasteiger partial charge in [-0.05, 0) is 19.1 Å². The standard InChI is InChI=1S/C9H9NO3.2C2H6/c1-6-2-4-7(5-3-6)10-8(11)9(12)13;2*1-2/h2-5H,1H3,(H,10,11)(H,12,13);2*1-2H3. The fourth-order valence-electron chi connectivity index (χ4n) is 0.821. The second-order valence-electron chi connectivity index (χ2n) is 2.63. The minimum Gasteiger partial charge on any atom is -0.474 e. The van der Waals surface area contributed by atoms with E-state index in [1.807, 2.05) is 34.6 Å². The van der Waals surface area contributed by atoms with Crippen molar-refractivity contribution in [3.05, 3.63) is 29.8 Å². The predicted octanol–water partition coefficient (Wildman–Crippen LogP) is 3.07. The van der Waals surface area contributed by atoms with Crippen molar-refractivity contribution in [1.29, 1.82) is 0 Å². The first kappa shape index (κ1) is 17.6. The van der Waals surface area contributed by atoms with Crippen molar-refractivity contribution in [3.63, 3.8) is 0 Å². The molecule has 4 heteroatoms. The Labute approximate surface area is 103 Å². The Morgan fingerprint density at radius 2 is 1.41 bits per heavy atom. The molecule has 96 valence electrons. The van der Waals surface area contributed by atoms with Crippen LogP contribution in [0.3, 0.4) is 0 Å². The molecule has 17 heavy (non-hydrogen) atoms. The zero-order chi connectivity index (χ0) is 13.8. The number of carboxylic acids is 1. The molecule has 0 heterocycles. The Bertz CT molecular complexity index is 331. The van der Waals surface area contributed by atoms with E-state index in [0.29, 0.717) is 5.69 Å². The maximum Gasteiger partial charge on any atom is 0.394 e. The lowest BCUT2D eigenvalue weighted by Crippen LogP contribution is -2.21. The van der Waals surface area contributed by atoms with E-state index in [-0.39, 0.29) is 0 Å². The van der Waals surface area contributed by atoms with Crippen LogP contribution < -0.4 is 5.32 Å². The molecule has 1 rings (SSSR count). The molecule has 0 atom stereocenters. The van der Waals surface area contributed by atoms with E-state index in [1.165, 1.54) is 0 Å². The second-order valence-corrected chi connectivity index (χ2v) is 2.63. The fourth-order valence-corrected chi connectivity index (χ4v) is 0.821. The Morgan fingerprint density at radius 1 is 1.00 bits per heavy atom. The van der Waals surface area contributed by atoms with Crippen molar-refractivity contribution >= 4 is 17.6 Å². The number of amides is 1. The normalized spacial score (nSPS) is 7.82. The molecular weight excluding hydrogens is 218 g/mol. The summed E-state index contributed by atoms with van der Waals surface area (Å²) in [7, 11) is 0. The van der Waals surface area contributed by atoms with E-state index in [4.69, 9.17) is 5.11 Å². The van der Waals surface area contributed by atoms with E-state index in [9.17, 15) is 9.59 Å². The van der Waals surface area contributed by atoms with Crippen LogP contribution in [0, 0.1) is 6.92 Å². The van der Waals surface area contributed by atoms with Gasteiger partial charge in [0.15, 0.2) is 0 Å². The van der Waals surface area contributed by atoms with Crippen molar-refractivity contribution in [2.24, 2.45) is 0 Å². The Kier molecular flexibility index (Phi) is 11.0. The zero-order valence-electron chi connectivity index (χ0n) is 11.1. The summed E-state index contributed by atoms with van der Waals surface area (Å²) in [6.45, 7) is 9.91. The number of benzene rings is 1. The average Bonchev–Trinajstić information content (AvgIpc) is 2.37. The number of nitrogens with one attached hydrogen (secondary N) is 1. The summed E-state index contributed by atoms with van der Waals surface area (Å²) in [5.41, 5.74) is 1.53. The smallest absolute Gasteiger partial charge is 0.394 e. The van der Waals surface area contributed by atoms with Gasteiger partial charge in [-0.1, -0.05) is 45.4 Å². The zero-order valence-corrected chi connectivity index (χ0v) is 11.1. The number of carbonyl (C=O) groups is 2. The van der Waals surface area contributed by atoms with Crippen LogP contribution in [0.2, 0.25) is 0 Å². The van der Waals surface area contributed by atoms with Crippen LogP contribution >= 0.6 is 0 Å². The Morgan fingerprint density at radius 3 is 1.76 bits per heavy atom. The highest BCUT2D eigenvalue weighted by Crippen LogP contribution is 2.07. The van der Waals surface area contributed by atoms with Crippen molar-refractivity contribution in [2.45, 2.75) is 34.6 Å². The number of aryl methyl sites for hydroxylation is 1. The summed E-state index contributed by atoms with van der Waals surface area (Å²) in [5, 5.41) is 10.5. The van der Waals surface area contributed by atoms with Crippen LogP contribution in [0.4, 0.5) is 5.69 Å². The fraction of sp³-hybridized carbons (Fsp3) is 0.385. The highest BCUT2D eigenvalue weighted by molar-refractivity contribution is 6.36. The van der Waals surface area contributed by atoms with Gasteiger partial charge in [-0.25, -0.2) is 4.79 Å². The molecule has 0 radical (unpaired) electrons. The first-order valence-corrected chi connectivity index (χ1v) is 5.70. The number of hydrogen-bond donors (Lipinski definition) is 2. The first-order valence-electron chi connectivity index (χ1n) is 5.70. The van der Waals surface area contributed by atoms with Gasteiger partial charge in [-0.2, -0.15) is 0 Å². The van der Waals surface area contributed by atoms with Gasteiger partial charge in [-0.3, -0.25) is 4.79 Å². The summed E-state index contributed by atoms with van der Waals surface area (Å²) >= 11 is 0. The maximum absolute atomic E-state index is 10.7. The highest BCUT2D eigenvalue weighted by atomic mass is 16.4. The molecule has 1 aromatic rings. The largest absolute Gasteiger partial charge is 0.474 e. The SMILES string of the molecule is CC.CC.Cc1ccc(NC(=O)C(=O)O)cc1. The number of anilines is 1. The highest BCUT2D eigenvalue weighted by Gasteiger charge is 2.10. The predicted molar refractivity (Wildman–Crippen MR) is 70.1 cm³/mol. The molecule has 0 aliphatic rings. The molecule has 4 nitrogen and oxygen atoms in total. The van der Waals surface area contributed by atoms with Crippen molar-refractivity contribution in [2.75, 3.05) is 5.32 Å². The quantitative estimate of drug-likeness (QED) is 0.740. The van der Waals surface area contributed by atoms with Crippen LogP contribution in [0.25, 0.3) is 0 Å². The average molecular weight is 239 g/mol. The van der Waals surface area contributed by atoms with Crippen molar-refractivity contribution in [1.82, 2.24) is 0 Å². The Balaban J connectivity index is 0. The van der Waals surface area contributed by atoms with Gasteiger partial charge < -0.3 is 10.4 Å². The Hall–Kier alpha value is -1.84. The van der Waals surface area contributed by atoms with Gasteiger partial charge in [-0.15, -0.1) is 0 Å². The second kappa shape index (κ2) is 10.7. The van der Waals surface area contributed by atoms with Gasteiger partial charge in [0.05, 0.1) is 0 Å².